The first kappa shape index (κ1) is 11.4. The molecule has 0 spiro atoms. The van der Waals surface area contributed by atoms with Crippen molar-refractivity contribution in [2.24, 2.45) is 5.73 Å². The maximum absolute atomic E-state index is 12.1. The van der Waals surface area contributed by atoms with E-state index in [2.05, 4.69) is 0 Å². The minimum atomic E-state index is 0.118. The van der Waals surface area contributed by atoms with Crippen molar-refractivity contribution in [3.63, 3.8) is 0 Å². The van der Waals surface area contributed by atoms with Crippen LogP contribution in [0.5, 0.6) is 5.75 Å². The second kappa shape index (κ2) is 5.93. The number of hydrogen-bond donors (Lipinski definition) is 1. The van der Waals surface area contributed by atoms with Crippen LogP contribution in [0.2, 0.25) is 0 Å². The summed E-state index contributed by atoms with van der Waals surface area (Å²) in [6.45, 7) is 0.246. The fourth-order valence-electron chi connectivity index (χ4n) is 0.954. The smallest absolute Gasteiger partial charge is 0.150 e. The zero-order valence-electron chi connectivity index (χ0n) is 8.15. The Bertz CT molecular complexity index is 346. The number of ether oxygens (including phenoxy) is 1. The van der Waals surface area contributed by atoms with Gasteiger partial charge >= 0.3 is 0 Å². The van der Waals surface area contributed by atoms with Crippen LogP contribution in [0, 0.1) is 0 Å². The van der Waals surface area contributed by atoms with Crippen LogP contribution in [-0.4, -0.2) is 19.4 Å². The maximum atomic E-state index is 12.1. The Kier molecular flexibility index (Phi) is 4.50. The molecule has 0 aromatic heterocycles. The third kappa shape index (κ3) is 3.52. The SMILES string of the molecule is NC/C(=C/F)COc1ccc(C=O)cc1. The van der Waals surface area contributed by atoms with Crippen molar-refractivity contribution < 1.29 is 13.9 Å². The molecule has 0 saturated heterocycles. The molecular weight excluding hydrogens is 197 g/mol. The summed E-state index contributed by atoms with van der Waals surface area (Å²) in [6.07, 6.45) is 1.19. The predicted octanol–water partition coefficient (Wildman–Crippen LogP) is 1.69. The third-order valence-corrected chi connectivity index (χ3v) is 1.86. The Hall–Kier alpha value is -1.68. The molecule has 0 fully saturated rings. The Morgan fingerprint density at radius 3 is 2.53 bits per heavy atom. The summed E-state index contributed by atoms with van der Waals surface area (Å²) >= 11 is 0. The van der Waals surface area contributed by atoms with E-state index in [1.54, 1.807) is 24.3 Å². The Morgan fingerprint density at radius 2 is 2.07 bits per heavy atom. The minimum absolute atomic E-state index is 0.118. The highest BCUT2D eigenvalue weighted by molar-refractivity contribution is 5.74. The lowest BCUT2D eigenvalue weighted by Crippen LogP contribution is -2.10. The lowest BCUT2D eigenvalue weighted by Gasteiger charge is -2.06. The average molecular weight is 209 g/mol. The van der Waals surface area contributed by atoms with Gasteiger partial charge in [0, 0.05) is 17.7 Å². The van der Waals surface area contributed by atoms with Crippen LogP contribution >= 0.6 is 0 Å². The molecule has 0 radical (unpaired) electrons. The summed E-state index contributed by atoms with van der Waals surface area (Å²) in [5.41, 5.74) is 6.21. The lowest BCUT2D eigenvalue weighted by atomic mass is 10.2. The van der Waals surface area contributed by atoms with Gasteiger partial charge in [0.2, 0.25) is 0 Å². The normalized spacial score (nSPS) is 11.2. The second-order valence-electron chi connectivity index (χ2n) is 2.95. The molecule has 4 heteroatoms. The molecule has 1 rings (SSSR count). The van der Waals surface area contributed by atoms with Gasteiger partial charge in [0.25, 0.3) is 0 Å². The number of benzene rings is 1. The molecule has 1 aromatic rings. The number of aldehydes is 1. The standard InChI is InChI=1S/C11H12FNO2/c12-5-10(6-13)8-15-11-3-1-9(7-14)2-4-11/h1-5,7H,6,8,13H2/b10-5-. The van der Waals surface area contributed by atoms with Crippen molar-refractivity contribution >= 4 is 6.29 Å². The van der Waals surface area contributed by atoms with Gasteiger partial charge in [-0.25, -0.2) is 4.39 Å². The van der Waals surface area contributed by atoms with Crippen LogP contribution in [0.1, 0.15) is 10.4 Å². The molecule has 3 nitrogen and oxygen atoms in total. The van der Waals surface area contributed by atoms with E-state index in [0.717, 1.165) is 6.29 Å². The van der Waals surface area contributed by atoms with Gasteiger partial charge in [-0.1, -0.05) is 0 Å². The summed E-state index contributed by atoms with van der Waals surface area (Å²) in [4.78, 5) is 10.4. The van der Waals surface area contributed by atoms with E-state index in [9.17, 15) is 9.18 Å². The first-order valence-electron chi connectivity index (χ1n) is 4.46. The first-order valence-corrected chi connectivity index (χ1v) is 4.46. The highest BCUT2D eigenvalue weighted by Crippen LogP contribution is 2.11. The summed E-state index contributed by atoms with van der Waals surface area (Å²) < 4.78 is 17.4. The topological polar surface area (TPSA) is 52.3 Å². The van der Waals surface area contributed by atoms with E-state index in [-0.39, 0.29) is 13.2 Å². The number of rotatable bonds is 5. The molecule has 0 unspecified atom stereocenters. The van der Waals surface area contributed by atoms with Gasteiger partial charge in [0.05, 0.1) is 6.33 Å². The number of carbonyl (C=O) groups excluding carboxylic acids is 1. The van der Waals surface area contributed by atoms with Crippen molar-refractivity contribution in [1.29, 1.82) is 0 Å². The van der Waals surface area contributed by atoms with Crippen molar-refractivity contribution in [2.45, 2.75) is 0 Å². The number of hydrogen-bond acceptors (Lipinski definition) is 3. The molecule has 15 heavy (non-hydrogen) atoms. The zero-order valence-corrected chi connectivity index (χ0v) is 8.15. The number of halogens is 1. The quantitative estimate of drug-likeness (QED) is 0.751. The molecule has 0 saturated carbocycles. The monoisotopic (exact) mass is 209 g/mol. The van der Waals surface area contributed by atoms with Crippen molar-refractivity contribution in [3.8, 4) is 5.75 Å². The molecule has 2 N–H and O–H groups in total. The van der Waals surface area contributed by atoms with Crippen molar-refractivity contribution in [1.82, 2.24) is 0 Å². The highest BCUT2D eigenvalue weighted by Gasteiger charge is 1.98. The van der Waals surface area contributed by atoms with Crippen LogP contribution < -0.4 is 10.5 Å². The Balaban J connectivity index is 2.54. The zero-order chi connectivity index (χ0) is 11.1. The van der Waals surface area contributed by atoms with Crippen LogP contribution in [0.4, 0.5) is 4.39 Å². The summed E-state index contributed by atoms with van der Waals surface area (Å²) in [5.74, 6) is 0.577. The summed E-state index contributed by atoms with van der Waals surface area (Å²) in [5, 5.41) is 0. The molecule has 0 aliphatic rings. The van der Waals surface area contributed by atoms with E-state index < -0.39 is 0 Å². The number of nitrogens with two attached hydrogens (primary N) is 1. The van der Waals surface area contributed by atoms with E-state index in [1.165, 1.54) is 0 Å². The largest absolute Gasteiger partial charge is 0.489 e. The second-order valence-corrected chi connectivity index (χ2v) is 2.95. The molecule has 0 amide bonds. The van der Waals surface area contributed by atoms with Gasteiger partial charge in [-0.15, -0.1) is 0 Å². The van der Waals surface area contributed by atoms with Gasteiger partial charge in [0.15, 0.2) is 0 Å². The summed E-state index contributed by atoms with van der Waals surface area (Å²) in [7, 11) is 0. The van der Waals surface area contributed by atoms with Crippen LogP contribution in [-0.2, 0) is 0 Å². The van der Waals surface area contributed by atoms with E-state index in [1.807, 2.05) is 0 Å². The van der Waals surface area contributed by atoms with Gasteiger partial charge in [0.1, 0.15) is 18.6 Å². The molecule has 0 atom stereocenters. The van der Waals surface area contributed by atoms with Crippen LogP contribution in [0.15, 0.2) is 36.2 Å². The fourth-order valence-corrected chi connectivity index (χ4v) is 0.954. The van der Waals surface area contributed by atoms with Gasteiger partial charge in [-0.05, 0) is 24.3 Å². The predicted molar refractivity (Wildman–Crippen MR) is 55.6 cm³/mol. The van der Waals surface area contributed by atoms with Gasteiger partial charge < -0.3 is 10.5 Å². The van der Waals surface area contributed by atoms with Crippen molar-refractivity contribution in [2.75, 3.05) is 13.2 Å². The lowest BCUT2D eigenvalue weighted by molar-refractivity contribution is 0.112. The van der Waals surface area contributed by atoms with Crippen LogP contribution in [0.25, 0.3) is 0 Å². The molecular formula is C11H12FNO2. The molecule has 1 aromatic carbocycles. The Labute approximate surface area is 87.3 Å². The van der Waals surface area contributed by atoms with E-state index in [0.29, 0.717) is 23.2 Å². The Morgan fingerprint density at radius 1 is 1.40 bits per heavy atom. The molecule has 0 aliphatic heterocycles. The minimum Gasteiger partial charge on any atom is -0.489 e. The van der Waals surface area contributed by atoms with E-state index >= 15 is 0 Å². The first-order chi connectivity index (χ1) is 7.30. The van der Waals surface area contributed by atoms with E-state index in [4.69, 9.17) is 10.5 Å². The number of carbonyl (C=O) groups is 1. The summed E-state index contributed by atoms with van der Waals surface area (Å²) in [6, 6.07) is 6.55. The average Bonchev–Trinajstić information content (AvgIpc) is 2.31. The van der Waals surface area contributed by atoms with Crippen LogP contribution in [0.3, 0.4) is 0 Å². The third-order valence-electron chi connectivity index (χ3n) is 1.86. The molecule has 0 aliphatic carbocycles. The molecule has 80 valence electrons. The molecule has 0 heterocycles. The molecule has 0 bridgehead atoms. The maximum Gasteiger partial charge on any atom is 0.150 e. The van der Waals surface area contributed by atoms with Gasteiger partial charge in [-0.2, -0.15) is 0 Å². The van der Waals surface area contributed by atoms with Crippen molar-refractivity contribution in [3.05, 3.63) is 41.7 Å². The highest BCUT2D eigenvalue weighted by atomic mass is 19.1. The van der Waals surface area contributed by atoms with Gasteiger partial charge in [-0.3, -0.25) is 4.79 Å². The fraction of sp³-hybridized carbons (Fsp3) is 0.182.